The fourth-order valence-electron chi connectivity index (χ4n) is 3.23. The summed E-state index contributed by atoms with van der Waals surface area (Å²) in [5.41, 5.74) is 1.53. The first-order valence-corrected chi connectivity index (χ1v) is 11.7. The summed E-state index contributed by atoms with van der Waals surface area (Å²) in [4.78, 5) is 40.2. The molecule has 0 atom stereocenters. The zero-order chi connectivity index (χ0) is 23.1. The van der Waals surface area contributed by atoms with Crippen LogP contribution in [-0.4, -0.2) is 75.2 Å². The molecule has 1 aliphatic heterocycles. The molecule has 170 valence electrons. The number of nitrogens with zero attached hydrogens (tertiary/aromatic N) is 2. The number of hydrogen-bond acceptors (Lipinski definition) is 5. The molecule has 3 amide bonds. The summed E-state index contributed by atoms with van der Waals surface area (Å²) in [6, 6.07) is 15.2. The number of amides is 3. The van der Waals surface area contributed by atoms with Crippen LogP contribution in [0, 0.1) is 6.92 Å². The molecule has 0 aliphatic carbocycles. The first-order chi connectivity index (χ1) is 15.3. The SMILES string of the molecule is Cc1ccc(S(=O)(=O)NCC(=O)NCC(=O)N2CCN(C(=O)c3ccccc3)CC2)cc1. The fraction of sp³-hybridized carbons (Fsp3) is 0.318. The van der Waals surface area contributed by atoms with Gasteiger partial charge in [-0.3, -0.25) is 14.4 Å². The van der Waals surface area contributed by atoms with Crippen LogP contribution in [0.15, 0.2) is 59.5 Å². The maximum Gasteiger partial charge on any atom is 0.253 e. The molecule has 1 heterocycles. The summed E-state index contributed by atoms with van der Waals surface area (Å²) < 4.78 is 26.7. The van der Waals surface area contributed by atoms with Gasteiger partial charge in [0, 0.05) is 31.7 Å². The highest BCUT2D eigenvalue weighted by Gasteiger charge is 2.25. The van der Waals surface area contributed by atoms with Crippen molar-refractivity contribution in [3.8, 4) is 0 Å². The van der Waals surface area contributed by atoms with E-state index >= 15 is 0 Å². The maximum absolute atomic E-state index is 12.5. The van der Waals surface area contributed by atoms with Crippen LogP contribution >= 0.6 is 0 Å². The van der Waals surface area contributed by atoms with Gasteiger partial charge in [-0.15, -0.1) is 0 Å². The minimum atomic E-state index is -3.81. The van der Waals surface area contributed by atoms with Gasteiger partial charge in [0.2, 0.25) is 21.8 Å². The highest BCUT2D eigenvalue weighted by atomic mass is 32.2. The van der Waals surface area contributed by atoms with Gasteiger partial charge in [0.25, 0.3) is 5.91 Å². The topological polar surface area (TPSA) is 116 Å². The second kappa shape index (κ2) is 10.4. The average Bonchev–Trinajstić information content (AvgIpc) is 2.81. The van der Waals surface area contributed by atoms with Crippen molar-refractivity contribution in [1.82, 2.24) is 19.8 Å². The molecule has 0 aromatic heterocycles. The van der Waals surface area contributed by atoms with Gasteiger partial charge >= 0.3 is 0 Å². The standard InChI is InChI=1S/C22H26N4O5S/c1-17-7-9-19(10-8-17)32(30,31)24-15-20(27)23-16-21(28)25-11-13-26(14-12-25)22(29)18-5-3-2-4-6-18/h2-10,24H,11-16H2,1H3,(H,23,27). The van der Waals surface area contributed by atoms with Gasteiger partial charge in [0.15, 0.2) is 0 Å². The Labute approximate surface area is 187 Å². The molecule has 32 heavy (non-hydrogen) atoms. The molecular formula is C22H26N4O5S. The minimum absolute atomic E-state index is 0.0647. The number of aryl methyl sites for hydroxylation is 1. The molecule has 2 aromatic carbocycles. The van der Waals surface area contributed by atoms with E-state index in [1.807, 2.05) is 13.0 Å². The molecule has 0 saturated carbocycles. The largest absolute Gasteiger partial charge is 0.346 e. The van der Waals surface area contributed by atoms with E-state index in [0.29, 0.717) is 31.7 Å². The Morgan fingerprint density at radius 2 is 1.44 bits per heavy atom. The summed E-state index contributed by atoms with van der Waals surface area (Å²) in [6.07, 6.45) is 0. The number of hydrogen-bond donors (Lipinski definition) is 2. The summed E-state index contributed by atoms with van der Waals surface area (Å²) in [6.45, 7) is 2.68. The summed E-state index contributed by atoms with van der Waals surface area (Å²) in [5.74, 6) is -0.967. The molecule has 3 rings (SSSR count). The number of benzene rings is 2. The van der Waals surface area contributed by atoms with Crippen molar-refractivity contribution < 1.29 is 22.8 Å². The number of piperazine rings is 1. The number of sulfonamides is 1. The van der Waals surface area contributed by atoms with E-state index in [0.717, 1.165) is 5.56 Å². The molecule has 0 unspecified atom stereocenters. The number of nitrogens with one attached hydrogen (secondary N) is 2. The predicted octanol–water partition coefficient (Wildman–Crippen LogP) is 0.374. The van der Waals surface area contributed by atoms with E-state index in [2.05, 4.69) is 10.0 Å². The van der Waals surface area contributed by atoms with Crippen LogP contribution < -0.4 is 10.0 Å². The van der Waals surface area contributed by atoms with Crippen LogP contribution in [0.2, 0.25) is 0 Å². The van der Waals surface area contributed by atoms with Crippen LogP contribution in [0.5, 0.6) is 0 Å². The highest BCUT2D eigenvalue weighted by Crippen LogP contribution is 2.10. The molecule has 1 fully saturated rings. The molecule has 0 spiro atoms. The Morgan fingerprint density at radius 3 is 2.06 bits per heavy atom. The monoisotopic (exact) mass is 458 g/mol. The van der Waals surface area contributed by atoms with E-state index in [-0.39, 0.29) is 23.3 Å². The van der Waals surface area contributed by atoms with Gasteiger partial charge in [-0.05, 0) is 31.2 Å². The lowest BCUT2D eigenvalue weighted by atomic mass is 10.2. The number of carbonyl (C=O) groups excluding carboxylic acids is 3. The van der Waals surface area contributed by atoms with Gasteiger partial charge in [-0.25, -0.2) is 13.1 Å². The minimum Gasteiger partial charge on any atom is -0.346 e. The molecule has 9 nitrogen and oxygen atoms in total. The molecule has 0 bridgehead atoms. The predicted molar refractivity (Wildman–Crippen MR) is 118 cm³/mol. The van der Waals surface area contributed by atoms with E-state index in [1.54, 1.807) is 46.2 Å². The van der Waals surface area contributed by atoms with Gasteiger partial charge in [-0.2, -0.15) is 0 Å². The van der Waals surface area contributed by atoms with Gasteiger partial charge < -0.3 is 15.1 Å². The van der Waals surface area contributed by atoms with E-state index in [4.69, 9.17) is 0 Å². The molecule has 0 radical (unpaired) electrons. The number of carbonyl (C=O) groups is 3. The van der Waals surface area contributed by atoms with Crippen molar-refractivity contribution in [2.24, 2.45) is 0 Å². The van der Waals surface area contributed by atoms with Crippen molar-refractivity contribution in [2.75, 3.05) is 39.3 Å². The quantitative estimate of drug-likeness (QED) is 0.622. The Morgan fingerprint density at radius 1 is 0.844 bits per heavy atom. The van der Waals surface area contributed by atoms with Crippen molar-refractivity contribution in [3.63, 3.8) is 0 Å². The van der Waals surface area contributed by atoms with Crippen molar-refractivity contribution >= 4 is 27.7 Å². The van der Waals surface area contributed by atoms with Crippen LogP contribution in [0.3, 0.4) is 0 Å². The lowest BCUT2D eigenvalue weighted by Gasteiger charge is -2.34. The lowest BCUT2D eigenvalue weighted by molar-refractivity contribution is -0.133. The summed E-state index contributed by atoms with van der Waals surface area (Å²) >= 11 is 0. The van der Waals surface area contributed by atoms with E-state index < -0.39 is 22.5 Å². The summed E-state index contributed by atoms with van der Waals surface area (Å²) in [5, 5.41) is 2.44. The third kappa shape index (κ3) is 6.14. The van der Waals surface area contributed by atoms with Crippen LogP contribution in [0.25, 0.3) is 0 Å². The first kappa shape index (κ1) is 23.4. The molecule has 10 heteroatoms. The van der Waals surface area contributed by atoms with Crippen molar-refractivity contribution in [2.45, 2.75) is 11.8 Å². The zero-order valence-corrected chi connectivity index (χ0v) is 18.6. The molecule has 2 aromatic rings. The van der Waals surface area contributed by atoms with Gasteiger partial charge in [0.1, 0.15) is 0 Å². The second-order valence-electron chi connectivity index (χ2n) is 7.45. The Bertz CT molecular complexity index is 1060. The van der Waals surface area contributed by atoms with Crippen LogP contribution in [0.1, 0.15) is 15.9 Å². The molecule has 1 aliphatic rings. The first-order valence-electron chi connectivity index (χ1n) is 10.2. The molecule has 1 saturated heterocycles. The third-order valence-electron chi connectivity index (χ3n) is 5.13. The smallest absolute Gasteiger partial charge is 0.253 e. The second-order valence-corrected chi connectivity index (χ2v) is 9.22. The molecular weight excluding hydrogens is 432 g/mol. The Kier molecular flexibility index (Phi) is 7.60. The average molecular weight is 459 g/mol. The Hall–Kier alpha value is -3.24. The normalized spacial score (nSPS) is 14.2. The lowest BCUT2D eigenvalue weighted by Crippen LogP contribution is -2.53. The fourth-order valence-corrected chi connectivity index (χ4v) is 4.21. The Balaban J connectivity index is 1.40. The van der Waals surface area contributed by atoms with E-state index in [1.165, 1.54) is 12.1 Å². The highest BCUT2D eigenvalue weighted by molar-refractivity contribution is 7.89. The number of rotatable bonds is 7. The van der Waals surface area contributed by atoms with Crippen LogP contribution in [0.4, 0.5) is 0 Å². The maximum atomic E-state index is 12.5. The third-order valence-corrected chi connectivity index (χ3v) is 6.55. The van der Waals surface area contributed by atoms with Crippen molar-refractivity contribution in [1.29, 1.82) is 0 Å². The van der Waals surface area contributed by atoms with Gasteiger partial charge in [0.05, 0.1) is 18.0 Å². The van der Waals surface area contributed by atoms with Crippen LogP contribution in [-0.2, 0) is 19.6 Å². The summed E-state index contributed by atoms with van der Waals surface area (Å²) in [7, 11) is -3.81. The van der Waals surface area contributed by atoms with Gasteiger partial charge in [-0.1, -0.05) is 35.9 Å². The van der Waals surface area contributed by atoms with E-state index in [9.17, 15) is 22.8 Å². The van der Waals surface area contributed by atoms with Crippen molar-refractivity contribution in [3.05, 3.63) is 65.7 Å². The molecule has 2 N–H and O–H groups in total. The zero-order valence-electron chi connectivity index (χ0n) is 17.8.